The smallest absolute Gasteiger partial charge is 0.365 e. The van der Waals surface area contributed by atoms with Crippen molar-refractivity contribution in [2.45, 2.75) is 12.7 Å². The van der Waals surface area contributed by atoms with Crippen LogP contribution in [0.2, 0.25) is 10.0 Å². The van der Waals surface area contributed by atoms with E-state index in [1.165, 1.54) is 0 Å². The van der Waals surface area contributed by atoms with Crippen LogP contribution in [-0.4, -0.2) is 15.0 Å². The van der Waals surface area contributed by atoms with E-state index in [9.17, 15) is 13.2 Å². The second-order valence-corrected chi connectivity index (χ2v) is 7.89. The minimum absolute atomic E-state index is 0.226. The Bertz CT molecular complexity index is 1180. The van der Waals surface area contributed by atoms with E-state index in [4.69, 9.17) is 23.2 Å². The molecule has 0 fully saturated rings. The summed E-state index contributed by atoms with van der Waals surface area (Å²) in [6.07, 6.45) is -2.89. The predicted molar refractivity (Wildman–Crippen MR) is 109 cm³/mol. The zero-order valence-corrected chi connectivity index (χ0v) is 16.8. The lowest BCUT2D eigenvalue weighted by atomic mass is 10.2. The standard InChI is InChI=1S/C19H11Cl2F3N4S/c20-12-5-4-10(7-13(12)21)9-26-16-11-8-15(19(22,23)24)29-18(11)28-17(27-16)14-3-1-2-6-25-14/h1-8H,9H2,(H,26,27,28). The van der Waals surface area contributed by atoms with Gasteiger partial charge in [0, 0.05) is 12.7 Å². The average molecular weight is 455 g/mol. The normalized spacial score (nSPS) is 11.8. The molecule has 0 aliphatic heterocycles. The zero-order valence-electron chi connectivity index (χ0n) is 14.5. The third-order valence-corrected chi connectivity index (χ3v) is 5.82. The highest BCUT2D eigenvalue weighted by atomic mass is 35.5. The molecule has 10 heteroatoms. The van der Waals surface area contributed by atoms with Gasteiger partial charge in [-0.05, 0) is 35.9 Å². The number of halogens is 5. The van der Waals surface area contributed by atoms with Gasteiger partial charge in [0.2, 0.25) is 0 Å². The van der Waals surface area contributed by atoms with Gasteiger partial charge >= 0.3 is 6.18 Å². The van der Waals surface area contributed by atoms with Crippen molar-refractivity contribution in [3.63, 3.8) is 0 Å². The van der Waals surface area contributed by atoms with Crippen molar-refractivity contribution in [2.75, 3.05) is 5.32 Å². The van der Waals surface area contributed by atoms with Crippen molar-refractivity contribution < 1.29 is 13.2 Å². The maximum Gasteiger partial charge on any atom is 0.425 e. The molecule has 0 aliphatic rings. The highest BCUT2D eigenvalue weighted by Gasteiger charge is 2.33. The summed E-state index contributed by atoms with van der Waals surface area (Å²) in [6, 6.07) is 11.4. The summed E-state index contributed by atoms with van der Waals surface area (Å²) in [6.45, 7) is 0.294. The molecule has 0 saturated carbocycles. The number of rotatable bonds is 4. The van der Waals surface area contributed by atoms with Gasteiger partial charge in [0.15, 0.2) is 5.82 Å². The molecular formula is C19H11Cl2F3N4S. The monoisotopic (exact) mass is 454 g/mol. The summed E-state index contributed by atoms with van der Waals surface area (Å²) in [5.41, 5.74) is 1.27. The van der Waals surface area contributed by atoms with Crippen molar-refractivity contribution in [1.29, 1.82) is 0 Å². The summed E-state index contributed by atoms with van der Waals surface area (Å²) >= 11 is 12.5. The Labute approximate surface area is 177 Å². The van der Waals surface area contributed by atoms with E-state index in [0.29, 0.717) is 39.0 Å². The molecule has 3 aromatic heterocycles. The zero-order chi connectivity index (χ0) is 20.6. The molecular weight excluding hydrogens is 444 g/mol. The number of nitrogens with zero attached hydrogens (tertiary/aromatic N) is 3. The van der Waals surface area contributed by atoms with E-state index < -0.39 is 11.1 Å². The van der Waals surface area contributed by atoms with Crippen LogP contribution < -0.4 is 5.32 Å². The topological polar surface area (TPSA) is 50.7 Å². The number of nitrogens with one attached hydrogen (secondary N) is 1. The van der Waals surface area contributed by atoms with Crippen LogP contribution in [0.15, 0.2) is 48.7 Å². The number of thiophene rings is 1. The highest BCUT2D eigenvalue weighted by molar-refractivity contribution is 7.18. The summed E-state index contributed by atoms with van der Waals surface area (Å²) in [5, 5.41) is 4.19. The minimum Gasteiger partial charge on any atom is -0.365 e. The Balaban J connectivity index is 1.77. The third kappa shape index (κ3) is 4.29. The van der Waals surface area contributed by atoms with Gasteiger partial charge in [0.25, 0.3) is 0 Å². The van der Waals surface area contributed by atoms with Gasteiger partial charge in [-0.15, -0.1) is 11.3 Å². The summed E-state index contributed by atoms with van der Waals surface area (Å²) in [5.74, 6) is 0.527. The Morgan fingerprint density at radius 1 is 1.00 bits per heavy atom. The van der Waals surface area contributed by atoms with Crippen LogP contribution in [0.5, 0.6) is 0 Å². The number of pyridine rings is 1. The summed E-state index contributed by atoms with van der Waals surface area (Å²) in [7, 11) is 0. The maximum atomic E-state index is 13.2. The minimum atomic E-state index is -4.46. The van der Waals surface area contributed by atoms with Gasteiger partial charge in [0.1, 0.15) is 21.2 Å². The number of fused-ring (bicyclic) bond motifs is 1. The van der Waals surface area contributed by atoms with Crippen LogP contribution in [0.25, 0.3) is 21.7 Å². The Kier molecular flexibility index (Phi) is 5.33. The molecule has 0 amide bonds. The number of hydrogen-bond acceptors (Lipinski definition) is 5. The second-order valence-electron chi connectivity index (χ2n) is 6.04. The molecule has 1 N–H and O–H groups in total. The predicted octanol–water partition coefficient (Wildman–Crippen LogP) is 6.69. The van der Waals surface area contributed by atoms with Crippen LogP contribution in [0.4, 0.5) is 19.0 Å². The van der Waals surface area contributed by atoms with Gasteiger partial charge in [-0.2, -0.15) is 13.2 Å². The quantitative estimate of drug-likeness (QED) is 0.373. The van der Waals surface area contributed by atoms with Crippen LogP contribution in [0.3, 0.4) is 0 Å². The molecule has 0 radical (unpaired) electrons. The van der Waals surface area contributed by atoms with Gasteiger partial charge < -0.3 is 5.32 Å². The van der Waals surface area contributed by atoms with E-state index in [0.717, 1.165) is 11.6 Å². The van der Waals surface area contributed by atoms with Gasteiger partial charge in [-0.25, -0.2) is 9.97 Å². The molecule has 0 bridgehead atoms. The van der Waals surface area contributed by atoms with Gasteiger partial charge in [0.05, 0.1) is 15.4 Å². The molecule has 0 aliphatic carbocycles. The first kappa shape index (κ1) is 19.9. The average Bonchev–Trinajstić information content (AvgIpc) is 3.14. The first-order chi connectivity index (χ1) is 13.8. The summed E-state index contributed by atoms with van der Waals surface area (Å²) < 4.78 is 39.6. The molecule has 4 aromatic rings. The van der Waals surface area contributed by atoms with Crippen molar-refractivity contribution in [3.8, 4) is 11.5 Å². The lowest BCUT2D eigenvalue weighted by Crippen LogP contribution is -2.04. The first-order valence-corrected chi connectivity index (χ1v) is 9.86. The molecule has 3 heterocycles. The first-order valence-electron chi connectivity index (χ1n) is 8.29. The fraction of sp³-hybridized carbons (Fsp3) is 0.105. The summed E-state index contributed by atoms with van der Waals surface area (Å²) in [4.78, 5) is 12.4. The molecule has 0 saturated heterocycles. The molecule has 29 heavy (non-hydrogen) atoms. The van der Waals surface area contributed by atoms with Crippen molar-refractivity contribution in [3.05, 3.63) is 69.1 Å². The third-order valence-electron chi connectivity index (χ3n) is 4.01. The molecule has 4 rings (SSSR count). The van der Waals surface area contributed by atoms with Crippen LogP contribution in [0, 0.1) is 0 Å². The number of benzene rings is 1. The molecule has 1 aromatic carbocycles. The fourth-order valence-electron chi connectivity index (χ4n) is 2.64. The van der Waals surface area contributed by atoms with Crippen molar-refractivity contribution in [1.82, 2.24) is 15.0 Å². The molecule has 0 spiro atoms. The van der Waals surface area contributed by atoms with Crippen LogP contribution in [0.1, 0.15) is 10.4 Å². The van der Waals surface area contributed by atoms with Crippen molar-refractivity contribution in [2.24, 2.45) is 0 Å². The lowest BCUT2D eigenvalue weighted by Gasteiger charge is -2.09. The van der Waals surface area contributed by atoms with Gasteiger partial charge in [-0.3, -0.25) is 4.98 Å². The molecule has 0 unspecified atom stereocenters. The fourth-order valence-corrected chi connectivity index (χ4v) is 3.86. The number of aromatic nitrogens is 3. The van der Waals surface area contributed by atoms with Crippen LogP contribution in [-0.2, 0) is 12.7 Å². The van der Waals surface area contributed by atoms with E-state index >= 15 is 0 Å². The van der Waals surface area contributed by atoms with E-state index in [1.54, 1.807) is 42.6 Å². The Hall–Kier alpha value is -2.42. The molecule has 0 atom stereocenters. The highest BCUT2D eigenvalue weighted by Crippen LogP contribution is 2.40. The largest absolute Gasteiger partial charge is 0.425 e. The van der Waals surface area contributed by atoms with Crippen LogP contribution >= 0.6 is 34.5 Å². The number of hydrogen-bond donors (Lipinski definition) is 1. The van der Waals surface area contributed by atoms with E-state index in [-0.39, 0.29) is 16.5 Å². The van der Waals surface area contributed by atoms with Crippen molar-refractivity contribution >= 4 is 50.6 Å². The SMILES string of the molecule is FC(F)(F)c1cc2c(NCc3ccc(Cl)c(Cl)c3)nc(-c3ccccn3)nc2s1. The maximum absolute atomic E-state index is 13.2. The lowest BCUT2D eigenvalue weighted by molar-refractivity contribution is -0.134. The molecule has 4 nitrogen and oxygen atoms in total. The number of anilines is 1. The molecule has 148 valence electrons. The van der Waals surface area contributed by atoms with E-state index in [2.05, 4.69) is 20.3 Å². The Morgan fingerprint density at radius 3 is 2.52 bits per heavy atom. The van der Waals surface area contributed by atoms with Gasteiger partial charge in [-0.1, -0.05) is 35.3 Å². The number of alkyl halides is 3. The second kappa shape index (κ2) is 7.78. The van der Waals surface area contributed by atoms with E-state index in [1.807, 2.05) is 0 Å². The Morgan fingerprint density at radius 2 is 1.83 bits per heavy atom.